The van der Waals surface area contributed by atoms with E-state index in [0.29, 0.717) is 35.9 Å². The third kappa shape index (κ3) is 3.86. The van der Waals surface area contributed by atoms with Gasteiger partial charge in [0.15, 0.2) is 5.78 Å². The van der Waals surface area contributed by atoms with Gasteiger partial charge >= 0.3 is 0 Å². The van der Waals surface area contributed by atoms with Gasteiger partial charge in [-0.25, -0.2) is 9.37 Å². The van der Waals surface area contributed by atoms with Gasteiger partial charge in [-0.2, -0.15) is 4.98 Å². The van der Waals surface area contributed by atoms with Crippen molar-refractivity contribution in [3.63, 3.8) is 0 Å². The van der Waals surface area contributed by atoms with Gasteiger partial charge in [0.1, 0.15) is 11.6 Å². The minimum atomic E-state index is -0.307. The van der Waals surface area contributed by atoms with E-state index in [2.05, 4.69) is 20.6 Å². The molecule has 0 aliphatic heterocycles. The van der Waals surface area contributed by atoms with Gasteiger partial charge in [-0.15, -0.1) is 0 Å². The minimum Gasteiger partial charge on any atom is -0.339 e. The van der Waals surface area contributed by atoms with Gasteiger partial charge in [0.05, 0.1) is 11.3 Å². The lowest BCUT2D eigenvalue weighted by Crippen LogP contribution is -2.22. The molecule has 1 aliphatic carbocycles. The quantitative estimate of drug-likeness (QED) is 0.657. The number of nitrogens with zero attached hydrogens (tertiary/aromatic N) is 2. The largest absolute Gasteiger partial charge is 0.339 e. The summed E-state index contributed by atoms with van der Waals surface area (Å²) in [7, 11) is 0. The van der Waals surface area contributed by atoms with Crippen LogP contribution in [0, 0.1) is 18.7 Å². The monoisotopic (exact) mass is 376 g/mol. The van der Waals surface area contributed by atoms with Gasteiger partial charge in [-0.3, -0.25) is 4.79 Å². The molecular weight excluding hydrogens is 355 g/mol. The summed E-state index contributed by atoms with van der Waals surface area (Å²) in [5, 5.41) is 6.37. The summed E-state index contributed by atoms with van der Waals surface area (Å²) in [6.45, 7) is 4.06. The van der Waals surface area contributed by atoms with Crippen LogP contribution in [-0.2, 0) is 6.42 Å². The van der Waals surface area contributed by atoms with E-state index in [1.165, 1.54) is 12.1 Å². The zero-order valence-corrected chi connectivity index (χ0v) is 15.8. The summed E-state index contributed by atoms with van der Waals surface area (Å²) in [5.74, 6) is 0.854. The Hall–Kier alpha value is -3.28. The van der Waals surface area contributed by atoms with Crippen LogP contribution in [0.5, 0.6) is 0 Å². The average molecular weight is 376 g/mol. The molecule has 1 aliphatic rings. The van der Waals surface area contributed by atoms with Gasteiger partial charge in [0.25, 0.3) is 0 Å². The number of rotatable bonds is 4. The number of halogens is 1. The van der Waals surface area contributed by atoms with Crippen molar-refractivity contribution in [3.8, 4) is 0 Å². The normalized spacial score (nSPS) is 15.8. The van der Waals surface area contributed by atoms with Crippen LogP contribution in [0.4, 0.5) is 27.5 Å². The number of carbonyl (C=O) groups excluding carboxylic acids is 1. The van der Waals surface area contributed by atoms with Crippen LogP contribution < -0.4 is 10.6 Å². The Morgan fingerprint density at radius 2 is 1.57 bits per heavy atom. The van der Waals surface area contributed by atoms with E-state index in [1.807, 2.05) is 38.1 Å². The summed E-state index contributed by atoms with van der Waals surface area (Å²) in [6, 6.07) is 13.9. The summed E-state index contributed by atoms with van der Waals surface area (Å²) < 4.78 is 13.2. The minimum absolute atomic E-state index is 0.0525. The molecule has 1 atom stereocenters. The van der Waals surface area contributed by atoms with Crippen LogP contribution in [0.15, 0.2) is 48.5 Å². The van der Waals surface area contributed by atoms with Crippen molar-refractivity contribution >= 4 is 28.9 Å². The van der Waals surface area contributed by atoms with Crippen LogP contribution >= 0.6 is 0 Å². The van der Waals surface area contributed by atoms with Crippen molar-refractivity contribution in [2.45, 2.75) is 26.7 Å². The average Bonchev–Trinajstić information content (AvgIpc) is 2.65. The van der Waals surface area contributed by atoms with Gasteiger partial charge in [0.2, 0.25) is 5.95 Å². The summed E-state index contributed by atoms with van der Waals surface area (Å²) in [6.07, 6.45) is 1.20. The molecule has 2 aromatic carbocycles. The zero-order chi connectivity index (χ0) is 19.7. The van der Waals surface area contributed by atoms with E-state index in [9.17, 15) is 9.18 Å². The van der Waals surface area contributed by atoms with E-state index in [1.54, 1.807) is 12.1 Å². The number of ketones is 1. The van der Waals surface area contributed by atoms with E-state index in [0.717, 1.165) is 16.9 Å². The van der Waals surface area contributed by atoms with Crippen LogP contribution in [0.3, 0.4) is 0 Å². The Morgan fingerprint density at radius 3 is 2.29 bits per heavy atom. The SMILES string of the molecule is Cc1ccc(Nc2nc(Nc3ccc(F)cc3)nc3c2C(=O)CC(C)C3)cc1. The molecule has 0 fully saturated rings. The predicted molar refractivity (Wildman–Crippen MR) is 108 cm³/mol. The van der Waals surface area contributed by atoms with Crippen LogP contribution in [0.1, 0.15) is 35.0 Å². The number of aryl methyl sites for hydroxylation is 1. The second-order valence-electron chi connectivity index (χ2n) is 7.28. The maximum absolute atomic E-state index is 13.2. The van der Waals surface area contributed by atoms with Crippen molar-refractivity contribution in [2.75, 3.05) is 10.6 Å². The molecule has 0 amide bonds. The number of nitrogens with one attached hydrogen (secondary N) is 2. The Balaban J connectivity index is 1.73. The van der Waals surface area contributed by atoms with E-state index in [4.69, 9.17) is 0 Å². The highest BCUT2D eigenvalue weighted by Crippen LogP contribution is 2.32. The van der Waals surface area contributed by atoms with Crippen molar-refractivity contribution < 1.29 is 9.18 Å². The molecule has 142 valence electrons. The first kappa shape index (κ1) is 18.1. The number of carbonyl (C=O) groups is 1. The molecule has 2 N–H and O–H groups in total. The lowest BCUT2D eigenvalue weighted by atomic mass is 9.87. The highest BCUT2D eigenvalue weighted by atomic mass is 19.1. The van der Waals surface area contributed by atoms with Crippen molar-refractivity contribution in [3.05, 3.63) is 71.2 Å². The molecule has 3 aromatic rings. The maximum Gasteiger partial charge on any atom is 0.229 e. The van der Waals surface area contributed by atoms with Crippen molar-refractivity contribution in [1.82, 2.24) is 9.97 Å². The summed E-state index contributed by atoms with van der Waals surface area (Å²) in [5.41, 5.74) is 3.98. The molecule has 1 aromatic heterocycles. The topological polar surface area (TPSA) is 66.9 Å². The number of aromatic nitrogens is 2. The Kier molecular flexibility index (Phi) is 4.77. The van der Waals surface area contributed by atoms with Crippen molar-refractivity contribution in [2.24, 2.45) is 5.92 Å². The molecular formula is C22H21FN4O. The number of hydrogen-bond acceptors (Lipinski definition) is 5. The molecule has 0 saturated heterocycles. The molecule has 0 spiro atoms. The fourth-order valence-electron chi connectivity index (χ4n) is 3.35. The highest BCUT2D eigenvalue weighted by Gasteiger charge is 2.28. The molecule has 0 radical (unpaired) electrons. The smallest absolute Gasteiger partial charge is 0.229 e. The number of fused-ring (bicyclic) bond motifs is 1. The Bertz CT molecular complexity index is 1020. The number of benzene rings is 2. The van der Waals surface area contributed by atoms with Gasteiger partial charge < -0.3 is 10.6 Å². The van der Waals surface area contributed by atoms with Crippen LogP contribution in [0.25, 0.3) is 0 Å². The fourth-order valence-corrected chi connectivity index (χ4v) is 3.35. The molecule has 5 nitrogen and oxygen atoms in total. The third-order valence-electron chi connectivity index (χ3n) is 4.75. The fraction of sp³-hybridized carbons (Fsp3) is 0.227. The number of Topliss-reactive ketones (excluding diaryl/α,β-unsaturated/α-hetero) is 1. The molecule has 1 unspecified atom stereocenters. The van der Waals surface area contributed by atoms with Crippen molar-refractivity contribution in [1.29, 1.82) is 0 Å². The second kappa shape index (κ2) is 7.38. The first-order valence-corrected chi connectivity index (χ1v) is 9.28. The maximum atomic E-state index is 13.2. The molecule has 0 bridgehead atoms. The first-order valence-electron chi connectivity index (χ1n) is 9.28. The molecule has 1 heterocycles. The lowest BCUT2D eigenvalue weighted by Gasteiger charge is -2.23. The number of anilines is 4. The van der Waals surface area contributed by atoms with Crippen LogP contribution in [0.2, 0.25) is 0 Å². The standard InChI is InChI=1S/C22H21FN4O/c1-13-3-7-16(8-4-13)24-21-20-18(11-14(2)12-19(20)28)26-22(27-21)25-17-9-5-15(23)6-10-17/h3-10,14H,11-12H2,1-2H3,(H2,24,25,26,27). The van der Waals surface area contributed by atoms with Gasteiger partial charge in [-0.05, 0) is 55.7 Å². The molecule has 6 heteroatoms. The molecule has 28 heavy (non-hydrogen) atoms. The van der Waals surface area contributed by atoms with Crippen LogP contribution in [-0.4, -0.2) is 15.8 Å². The number of hydrogen-bond donors (Lipinski definition) is 2. The summed E-state index contributed by atoms with van der Waals surface area (Å²) in [4.78, 5) is 21.8. The first-order chi connectivity index (χ1) is 13.5. The molecule has 4 rings (SSSR count). The highest BCUT2D eigenvalue weighted by molar-refractivity contribution is 6.03. The Labute approximate surface area is 163 Å². The van der Waals surface area contributed by atoms with Gasteiger partial charge in [-0.1, -0.05) is 24.6 Å². The van der Waals surface area contributed by atoms with E-state index in [-0.39, 0.29) is 17.5 Å². The second-order valence-corrected chi connectivity index (χ2v) is 7.28. The molecule has 0 saturated carbocycles. The Morgan fingerprint density at radius 1 is 0.929 bits per heavy atom. The zero-order valence-electron chi connectivity index (χ0n) is 15.8. The third-order valence-corrected chi connectivity index (χ3v) is 4.75. The summed E-state index contributed by atoms with van der Waals surface area (Å²) >= 11 is 0. The van der Waals surface area contributed by atoms with Gasteiger partial charge in [0, 0.05) is 17.8 Å². The predicted octanol–water partition coefficient (Wildman–Crippen LogP) is 5.18. The lowest BCUT2D eigenvalue weighted by molar-refractivity contribution is 0.0953. The van der Waals surface area contributed by atoms with E-state index >= 15 is 0 Å². The van der Waals surface area contributed by atoms with E-state index < -0.39 is 0 Å².